The van der Waals surface area contributed by atoms with Crippen molar-refractivity contribution in [3.63, 3.8) is 0 Å². The topological polar surface area (TPSA) is 73.2 Å². The molecule has 0 saturated carbocycles. The number of benzene rings is 4. The van der Waals surface area contributed by atoms with Gasteiger partial charge in [0.05, 0.1) is 63.5 Å². The van der Waals surface area contributed by atoms with Crippen LogP contribution in [0.3, 0.4) is 0 Å². The Labute approximate surface area is 265 Å². The van der Waals surface area contributed by atoms with Gasteiger partial charge in [-0.2, -0.15) is 5.26 Å². The number of anilines is 1. The molecule has 7 heteroatoms. The lowest BCUT2D eigenvalue weighted by Crippen LogP contribution is -2.50. The average Bonchev–Trinajstić information content (AvgIpc) is 3.11. The zero-order chi connectivity index (χ0) is 30.7. The minimum Gasteiger partial charge on any atom is -0.378 e. The summed E-state index contributed by atoms with van der Waals surface area (Å²) >= 11 is 0. The molecular weight excluding hydrogens is 564 g/mol. The highest BCUT2D eigenvalue weighted by Crippen LogP contribution is 2.40. The van der Waals surface area contributed by atoms with E-state index in [0.717, 1.165) is 41.0 Å². The van der Waals surface area contributed by atoms with Crippen LogP contribution in [-0.2, 0) is 43.5 Å². The van der Waals surface area contributed by atoms with Crippen molar-refractivity contribution in [1.82, 2.24) is 0 Å². The SMILES string of the molecule is N#Cc1ccc(N2CCOCC2)c(C2CC(OCc3ccccc3)C(OCc3ccccc3)C(COCc3ccccc3)O2)c1. The van der Waals surface area contributed by atoms with Crippen molar-refractivity contribution < 1.29 is 23.7 Å². The summed E-state index contributed by atoms with van der Waals surface area (Å²) in [5, 5.41) is 9.83. The van der Waals surface area contributed by atoms with Crippen molar-refractivity contribution in [2.24, 2.45) is 0 Å². The van der Waals surface area contributed by atoms with E-state index < -0.39 is 6.10 Å². The van der Waals surface area contributed by atoms with Gasteiger partial charge in [0.15, 0.2) is 0 Å². The Morgan fingerprint density at radius 1 is 0.733 bits per heavy atom. The van der Waals surface area contributed by atoms with E-state index in [9.17, 15) is 5.26 Å². The second kappa shape index (κ2) is 15.8. The van der Waals surface area contributed by atoms with Gasteiger partial charge in [0.2, 0.25) is 0 Å². The van der Waals surface area contributed by atoms with Gasteiger partial charge in [-0.3, -0.25) is 0 Å². The fourth-order valence-corrected chi connectivity index (χ4v) is 6.03. The van der Waals surface area contributed by atoms with Gasteiger partial charge in [-0.05, 0) is 34.9 Å². The molecule has 7 nitrogen and oxygen atoms in total. The first-order valence-corrected chi connectivity index (χ1v) is 15.7. The fourth-order valence-electron chi connectivity index (χ4n) is 6.03. The maximum Gasteiger partial charge on any atom is 0.113 e. The van der Waals surface area contributed by atoms with Crippen LogP contribution in [0.2, 0.25) is 0 Å². The van der Waals surface area contributed by atoms with Gasteiger partial charge < -0.3 is 28.6 Å². The largest absolute Gasteiger partial charge is 0.378 e. The quantitative estimate of drug-likeness (QED) is 0.180. The van der Waals surface area contributed by atoms with Gasteiger partial charge in [0.25, 0.3) is 0 Å². The van der Waals surface area contributed by atoms with Crippen LogP contribution in [0.25, 0.3) is 0 Å². The summed E-state index contributed by atoms with van der Waals surface area (Å²) in [6, 6.07) is 38.7. The third kappa shape index (κ3) is 8.37. The van der Waals surface area contributed by atoms with Crippen molar-refractivity contribution in [3.8, 4) is 6.07 Å². The van der Waals surface area contributed by atoms with E-state index in [4.69, 9.17) is 23.7 Å². The molecule has 2 saturated heterocycles. The molecule has 0 amide bonds. The summed E-state index contributed by atoms with van der Waals surface area (Å²) in [4.78, 5) is 2.32. The Kier molecular flexibility index (Phi) is 10.9. The molecule has 2 fully saturated rings. The van der Waals surface area contributed by atoms with Crippen LogP contribution in [0, 0.1) is 11.3 Å². The molecule has 2 aliphatic rings. The molecule has 4 unspecified atom stereocenters. The molecule has 0 bridgehead atoms. The number of nitrogens with zero attached hydrogens (tertiary/aromatic N) is 2. The molecule has 0 N–H and O–H groups in total. The smallest absolute Gasteiger partial charge is 0.113 e. The molecule has 0 aromatic heterocycles. The van der Waals surface area contributed by atoms with Gasteiger partial charge in [0.1, 0.15) is 12.2 Å². The van der Waals surface area contributed by atoms with Gasteiger partial charge in [0, 0.05) is 30.8 Å². The number of morpholine rings is 1. The lowest BCUT2D eigenvalue weighted by Gasteiger charge is -2.43. The Balaban J connectivity index is 1.30. The van der Waals surface area contributed by atoms with Gasteiger partial charge in [-0.15, -0.1) is 0 Å². The first kappa shape index (κ1) is 31.0. The molecule has 0 radical (unpaired) electrons. The van der Waals surface area contributed by atoms with Crippen LogP contribution in [-0.4, -0.2) is 51.2 Å². The normalized spacial score (nSPS) is 21.7. The molecule has 0 spiro atoms. The third-order valence-electron chi connectivity index (χ3n) is 8.36. The zero-order valence-electron chi connectivity index (χ0n) is 25.5. The molecule has 2 heterocycles. The van der Waals surface area contributed by atoms with Crippen molar-refractivity contribution in [3.05, 3.63) is 137 Å². The maximum atomic E-state index is 9.83. The van der Waals surface area contributed by atoms with Crippen molar-refractivity contribution in [2.75, 3.05) is 37.8 Å². The minimum absolute atomic E-state index is 0.277. The predicted molar refractivity (Wildman–Crippen MR) is 173 cm³/mol. The molecule has 45 heavy (non-hydrogen) atoms. The number of nitriles is 1. The maximum absolute atomic E-state index is 9.83. The number of ether oxygens (including phenoxy) is 5. The second-order valence-corrected chi connectivity index (χ2v) is 11.5. The number of hydrogen-bond donors (Lipinski definition) is 0. The van der Waals surface area contributed by atoms with Crippen LogP contribution in [0.1, 0.15) is 40.3 Å². The molecule has 232 valence electrons. The average molecular weight is 605 g/mol. The predicted octanol–water partition coefficient (Wildman–Crippen LogP) is 6.61. The van der Waals surface area contributed by atoms with Crippen LogP contribution in [0.15, 0.2) is 109 Å². The Morgan fingerprint density at radius 3 is 1.96 bits per heavy atom. The first-order chi connectivity index (χ1) is 22.3. The van der Waals surface area contributed by atoms with E-state index in [1.54, 1.807) is 0 Å². The second-order valence-electron chi connectivity index (χ2n) is 11.5. The van der Waals surface area contributed by atoms with Crippen LogP contribution in [0.4, 0.5) is 5.69 Å². The molecule has 0 aliphatic carbocycles. The van der Waals surface area contributed by atoms with E-state index in [-0.39, 0.29) is 18.3 Å². The summed E-state index contributed by atoms with van der Waals surface area (Å²) in [5.41, 5.74) is 5.93. The van der Waals surface area contributed by atoms with Crippen molar-refractivity contribution >= 4 is 5.69 Å². The summed E-state index contributed by atoms with van der Waals surface area (Å²) in [5.74, 6) is 0. The fraction of sp³-hybridized carbons (Fsp3) is 0.342. The van der Waals surface area contributed by atoms with E-state index in [1.807, 2.05) is 72.8 Å². The van der Waals surface area contributed by atoms with Crippen LogP contribution >= 0.6 is 0 Å². The van der Waals surface area contributed by atoms with Crippen molar-refractivity contribution in [1.29, 1.82) is 5.26 Å². The van der Waals surface area contributed by atoms with E-state index >= 15 is 0 Å². The van der Waals surface area contributed by atoms with Crippen LogP contribution in [0.5, 0.6) is 0 Å². The van der Waals surface area contributed by atoms with Gasteiger partial charge in [-0.25, -0.2) is 0 Å². The van der Waals surface area contributed by atoms with E-state index in [2.05, 4.69) is 47.4 Å². The zero-order valence-corrected chi connectivity index (χ0v) is 25.5. The number of hydrogen-bond acceptors (Lipinski definition) is 7. The molecular formula is C38H40N2O5. The molecule has 4 aromatic carbocycles. The highest BCUT2D eigenvalue weighted by atomic mass is 16.6. The first-order valence-electron chi connectivity index (χ1n) is 15.7. The van der Waals surface area contributed by atoms with Gasteiger partial charge in [-0.1, -0.05) is 91.0 Å². The van der Waals surface area contributed by atoms with Crippen LogP contribution < -0.4 is 4.90 Å². The monoisotopic (exact) mass is 604 g/mol. The molecule has 6 rings (SSSR count). The Hall–Kier alpha value is -4.03. The lowest BCUT2D eigenvalue weighted by molar-refractivity contribution is -0.222. The summed E-state index contributed by atoms with van der Waals surface area (Å²) in [6.45, 7) is 4.59. The summed E-state index contributed by atoms with van der Waals surface area (Å²) in [7, 11) is 0. The Bertz CT molecular complexity index is 1510. The van der Waals surface area contributed by atoms with Gasteiger partial charge >= 0.3 is 0 Å². The molecule has 2 aliphatic heterocycles. The number of rotatable bonds is 12. The highest BCUT2D eigenvalue weighted by molar-refractivity contribution is 5.58. The van der Waals surface area contributed by atoms with E-state index in [0.29, 0.717) is 51.6 Å². The Morgan fingerprint density at radius 2 is 1.33 bits per heavy atom. The summed E-state index contributed by atoms with van der Waals surface area (Å²) in [6.07, 6.45) is -0.791. The third-order valence-corrected chi connectivity index (χ3v) is 8.36. The summed E-state index contributed by atoms with van der Waals surface area (Å²) < 4.78 is 32.2. The minimum atomic E-state index is -0.403. The lowest BCUT2D eigenvalue weighted by atomic mass is 9.91. The molecule has 4 atom stereocenters. The van der Waals surface area contributed by atoms with E-state index in [1.165, 1.54) is 0 Å². The highest BCUT2D eigenvalue weighted by Gasteiger charge is 2.42. The molecule has 4 aromatic rings. The van der Waals surface area contributed by atoms with Crippen molar-refractivity contribution in [2.45, 2.75) is 50.7 Å². The standard InChI is InChI=1S/C38H40N2O5/c39-24-32-16-17-34(40-18-20-41-21-19-40)33(22-32)35-23-36(43-26-30-12-6-2-7-13-30)38(44-27-31-14-8-3-9-15-31)37(45-35)28-42-25-29-10-4-1-5-11-29/h1-17,22,35-38H,18-21,23,25-28H2.